The van der Waals surface area contributed by atoms with Gasteiger partial charge < -0.3 is 14.5 Å². The summed E-state index contributed by atoms with van der Waals surface area (Å²) >= 11 is 0. The number of hydrogen-bond donors (Lipinski definition) is 1. The van der Waals surface area contributed by atoms with Crippen LogP contribution < -0.4 is 5.32 Å². The van der Waals surface area contributed by atoms with Gasteiger partial charge >= 0.3 is 5.97 Å². The highest BCUT2D eigenvalue weighted by Crippen LogP contribution is 2.32. The Hall–Kier alpha value is -2.39. The van der Waals surface area contributed by atoms with Gasteiger partial charge in [-0.15, -0.1) is 0 Å². The van der Waals surface area contributed by atoms with Crippen molar-refractivity contribution >= 4 is 38.6 Å². The van der Waals surface area contributed by atoms with E-state index in [0.29, 0.717) is 30.4 Å². The van der Waals surface area contributed by atoms with E-state index >= 15 is 0 Å². The molecule has 8 nitrogen and oxygen atoms in total. The number of anilines is 1. The van der Waals surface area contributed by atoms with Crippen LogP contribution >= 0.6 is 0 Å². The average Bonchev–Trinajstić information content (AvgIpc) is 3.20. The predicted octanol–water partition coefficient (Wildman–Crippen LogP) is 1.97. The van der Waals surface area contributed by atoms with Gasteiger partial charge in [-0.2, -0.15) is 4.31 Å². The van der Waals surface area contributed by atoms with Crippen LogP contribution in [0, 0.1) is 0 Å². The van der Waals surface area contributed by atoms with E-state index in [-0.39, 0.29) is 18.1 Å². The normalized spacial score (nSPS) is 18.2. The van der Waals surface area contributed by atoms with Crippen molar-refractivity contribution < 1.29 is 27.2 Å². The summed E-state index contributed by atoms with van der Waals surface area (Å²) in [6, 6.07) is 6.07. The third-order valence-corrected chi connectivity index (χ3v) is 5.53. The topological polar surface area (TPSA) is 106 Å². The third kappa shape index (κ3) is 3.45. The number of sulfonamides is 1. The van der Waals surface area contributed by atoms with Gasteiger partial charge in [0.15, 0.2) is 0 Å². The van der Waals surface area contributed by atoms with E-state index in [9.17, 15) is 18.0 Å². The van der Waals surface area contributed by atoms with Crippen molar-refractivity contribution in [3.05, 3.63) is 30.0 Å². The summed E-state index contributed by atoms with van der Waals surface area (Å²) < 4.78 is 35.5. The largest absolute Gasteiger partial charge is 0.460 e. The van der Waals surface area contributed by atoms with Crippen LogP contribution in [0.2, 0.25) is 0 Å². The molecule has 2 heterocycles. The van der Waals surface area contributed by atoms with E-state index in [1.165, 1.54) is 4.31 Å². The molecule has 1 fully saturated rings. The number of para-hydroxylation sites is 1. The quantitative estimate of drug-likeness (QED) is 0.795. The molecule has 0 unspecified atom stereocenters. The Balaban J connectivity index is 1.96. The van der Waals surface area contributed by atoms with Crippen LogP contribution in [0.5, 0.6) is 0 Å². The molecule has 0 aliphatic carbocycles. The number of benzene rings is 1. The molecule has 26 heavy (non-hydrogen) atoms. The average molecular weight is 380 g/mol. The van der Waals surface area contributed by atoms with Gasteiger partial charge in [-0.05, 0) is 31.9 Å². The van der Waals surface area contributed by atoms with Gasteiger partial charge in [0.05, 0.1) is 12.9 Å². The smallest absolute Gasteiger partial charge is 0.376 e. The first-order chi connectivity index (χ1) is 12.3. The molecule has 0 spiro atoms. The van der Waals surface area contributed by atoms with Gasteiger partial charge in [-0.1, -0.05) is 12.1 Å². The first-order valence-corrected chi connectivity index (χ1v) is 10.1. The van der Waals surface area contributed by atoms with Crippen LogP contribution in [-0.2, 0) is 19.6 Å². The molecular weight excluding hydrogens is 360 g/mol. The zero-order valence-corrected chi connectivity index (χ0v) is 15.3. The second kappa shape index (κ2) is 7.08. The minimum atomic E-state index is -3.50. The van der Waals surface area contributed by atoms with Crippen LogP contribution in [0.4, 0.5) is 5.69 Å². The molecule has 140 valence electrons. The maximum absolute atomic E-state index is 12.7. The fourth-order valence-electron chi connectivity index (χ4n) is 3.12. The lowest BCUT2D eigenvalue weighted by molar-refractivity contribution is -0.119. The molecule has 0 bridgehead atoms. The number of nitrogens with zero attached hydrogens (tertiary/aromatic N) is 1. The number of carbonyl (C=O) groups is 2. The molecule has 2 aromatic rings. The Morgan fingerprint density at radius 2 is 2.08 bits per heavy atom. The number of carbonyl (C=O) groups excluding carboxylic acids is 2. The lowest BCUT2D eigenvalue weighted by Crippen LogP contribution is -2.42. The number of fused-ring (bicyclic) bond motifs is 1. The highest BCUT2D eigenvalue weighted by atomic mass is 32.2. The number of amides is 1. The minimum absolute atomic E-state index is 0.106. The van der Waals surface area contributed by atoms with E-state index in [1.807, 2.05) is 0 Å². The number of esters is 1. The monoisotopic (exact) mass is 380 g/mol. The molecule has 0 saturated carbocycles. The number of rotatable bonds is 5. The Labute approximate surface area is 151 Å². The molecule has 0 radical (unpaired) electrons. The Kier molecular flexibility index (Phi) is 5.01. The van der Waals surface area contributed by atoms with Crippen molar-refractivity contribution in [1.82, 2.24) is 4.31 Å². The van der Waals surface area contributed by atoms with Crippen molar-refractivity contribution in [1.29, 1.82) is 0 Å². The standard InChI is InChI=1S/C17H20N2O6S/c1-3-24-17(21)15-14(11-7-4-5-9-13(11)25-15)18-16(20)12-8-6-10-19(12)26(2,22)23/h4-5,7,9,12H,3,6,8,10H2,1-2H3,(H,18,20)/t12-/m0/s1. The Morgan fingerprint density at radius 1 is 1.35 bits per heavy atom. The van der Waals surface area contributed by atoms with E-state index in [4.69, 9.17) is 9.15 Å². The summed E-state index contributed by atoms with van der Waals surface area (Å²) in [7, 11) is -3.50. The zero-order valence-electron chi connectivity index (χ0n) is 14.5. The first kappa shape index (κ1) is 18.4. The summed E-state index contributed by atoms with van der Waals surface area (Å²) in [5, 5.41) is 3.23. The summed E-state index contributed by atoms with van der Waals surface area (Å²) in [5.41, 5.74) is 0.627. The molecule has 1 atom stereocenters. The third-order valence-electron chi connectivity index (χ3n) is 4.24. The summed E-state index contributed by atoms with van der Waals surface area (Å²) in [5.74, 6) is -1.29. The molecule has 1 saturated heterocycles. The van der Waals surface area contributed by atoms with Gasteiger partial charge in [0, 0.05) is 11.9 Å². The molecule has 3 rings (SSSR count). The molecule has 1 amide bonds. The summed E-state index contributed by atoms with van der Waals surface area (Å²) in [6.07, 6.45) is 2.10. The Morgan fingerprint density at radius 3 is 2.77 bits per heavy atom. The minimum Gasteiger partial charge on any atom is -0.460 e. The Bertz CT molecular complexity index is 949. The second-order valence-electron chi connectivity index (χ2n) is 6.04. The van der Waals surface area contributed by atoms with Gasteiger partial charge in [0.25, 0.3) is 0 Å². The molecular formula is C17H20N2O6S. The van der Waals surface area contributed by atoms with Crippen LogP contribution in [-0.4, -0.2) is 50.0 Å². The molecule has 1 N–H and O–H groups in total. The van der Waals surface area contributed by atoms with Gasteiger partial charge in [0.1, 0.15) is 17.3 Å². The number of ether oxygens (including phenoxy) is 1. The molecule has 1 aromatic carbocycles. The highest BCUT2D eigenvalue weighted by Gasteiger charge is 2.37. The lowest BCUT2D eigenvalue weighted by Gasteiger charge is -2.21. The van der Waals surface area contributed by atoms with Gasteiger partial charge in [-0.25, -0.2) is 13.2 Å². The van der Waals surface area contributed by atoms with Crippen LogP contribution in [0.15, 0.2) is 28.7 Å². The summed E-state index contributed by atoms with van der Waals surface area (Å²) in [4.78, 5) is 24.9. The van der Waals surface area contributed by atoms with Crippen molar-refractivity contribution in [2.24, 2.45) is 0 Å². The zero-order chi connectivity index (χ0) is 18.9. The van der Waals surface area contributed by atoms with E-state index in [2.05, 4.69) is 5.32 Å². The van der Waals surface area contributed by atoms with E-state index in [1.54, 1.807) is 31.2 Å². The first-order valence-electron chi connectivity index (χ1n) is 8.29. The predicted molar refractivity (Wildman–Crippen MR) is 95.4 cm³/mol. The van der Waals surface area contributed by atoms with Crippen LogP contribution in [0.25, 0.3) is 11.0 Å². The van der Waals surface area contributed by atoms with Gasteiger partial charge in [0.2, 0.25) is 21.7 Å². The molecule has 1 aliphatic rings. The van der Waals surface area contributed by atoms with Crippen LogP contribution in [0.1, 0.15) is 30.3 Å². The lowest BCUT2D eigenvalue weighted by atomic mass is 10.2. The number of hydrogen-bond acceptors (Lipinski definition) is 6. The molecule has 1 aromatic heterocycles. The van der Waals surface area contributed by atoms with Crippen molar-refractivity contribution in [3.8, 4) is 0 Å². The molecule has 9 heteroatoms. The van der Waals surface area contributed by atoms with Crippen molar-refractivity contribution in [2.45, 2.75) is 25.8 Å². The maximum Gasteiger partial charge on any atom is 0.376 e. The molecule has 1 aliphatic heterocycles. The SMILES string of the molecule is CCOC(=O)c1oc2ccccc2c1NC(=O)[C@@H]1CCCN1S(C)(=O)=O. The van der Waals surface area contributed by atoms with E-state index < -0.39 is 27.9 Å². The van der Waals surface area contributed by atoms with Gasteiger partial charge in [-0.3, -0.25) is 4.79 Å². The highest BCUT2D eigenvalue weighted by molar-refractivity contribution is 7.88. The number of nitrogens with one attached hydrogen (secondary N) is 1. The number of furan rings is 1. The van der Waals surface area contributed by atoms with Crippen molar-refractivity contribution in [3.63, 3.8) is 0 Å². The van der Waals surface area contributed by atoms with E-state index in [0.717, 1.165) is 6.26 Å². The van der Waals surface area contributed by atoms with Crippen molar-refractivity contribution in [2.75, 3.05) is 24.7 Å². The maximum atomic E-state index is 12.7. The second-order valence-corrected chi connectivity index (χ2v) is 7.98. The summed E-state index contributed by atoms with van der Waals surface area (Å²) in [6.45, 7) is 2.13. The fourth-order valence-corrected chi connectivity index (χ4v) is 4.24. The van der Waals surface area contributed by atoms with Crippen LogP contribution in [0.3, 0.4) is 0 Å². The fraction of sp³-hybridized carbons (Fsp3) is 0.412.